The number of thiophene rings is 1. The van der Waals surface area contributed by atoms with Crippen molar-refractivity contribution in [3.05, 3.63) is 75.9 Å². The number of amides is 1. The van der Waals surface area contributed by atoms with E-state index >= 15 is 0 Å². The normalized spacial score (nSPS) is 22.8. The zero-order chi connectivity index (χ0) is 35.2. The number of ether oxygens (including phenoxy) is 1. The molecule has 0 radical (unpaired) electrons. The standard InChI is InChI=1S/C40H50N6O3S/c1-7-49-39(48)45-38(46-15-12-28(22-46)26-10-13-41-14-11-26)43-20-25(4)33-30-19-32(40(5,6)36(47)34-27-8-9-31(34)42-21-27)50-37(30)44-35(33)29-17-23(2)16-24(3)18-29/h10-11,13-14,16-19,25,27-28,31,34,42,44H,7-9,12,15,20-22H2,1-6H3,(H,43,45,48)/t25-,27?,28?,31?,34?/m1/s1. The second kappa shape index (κ2) is 13.9. The number of H-pyrrole nitrogens is 1. The summed E-state index contributed by atoms with van der Waals surface area (Å²) in [4.78, 5) is 43.6. The van der Waals surface area contributed by atoms with Gasteiger partial charge in [0.05, 0.1) is 17.7 Å². The summed E-state index contributed by atoms with van der Waals surface area (Å²) in [6, 6.07) is 13.4. The van der Waals surface area contributed by atoms with E-state index in [2.05, 4.69) is 102 Å². The fourth-order valence-electron chi connectivity index (χ4n) is 8.61. The highest BCUT2D eigenvalue weighted by molar-refractivity contribution is 7.19. The van der Waals surface area contributed by atoms with Crippen molar-refractivity contribution in [1.29, 1.82) is 0 Å². The van der Waals surface area contributed by atoms with Gasteiger partial charge in [0.1, 0.15) is 10.6 Å². The molecule has 2 aliphatic heterocycles. The van der Waals surface area contributed by atoms with Crippen LogP contribution in [0.4, 0.5) is 4.79 Å². The monoisotopic (exact) mass is 694 g/mol. The minimum absolute atomic E-state index is 0.0432. The Kier molecular flexibility index (Phi) is 9.60. The van der Waals surface area contributed by atoms with Crippen LogP contribution < -0.4 is 10.6 Å². The number of nitrogens with one attached hydrogen (secondary N) is 3. The fourth-order valence-corrected chi connectivity index (χ4v) is 9.80. The minimum atomic E-state index is -0.588. The van der Waals surface area contributed by atoms with Gasteiger partial charge in [0.25, 0.3) is 0 Å². The van der Waals surface area contributed by atoms with Crippen LogP contribution in [-0.4, -0.2) is 71.5 Å². The number of piperidine rings is 1. The lowest BCUT2D eigenvalue weighted by Crippen LogP contribution is -2.42. The number of benzene rings is 1. The fraction of sp³-hybridized carbons (Fsp3) is 0.500. The van der Waals surface area contributed by atoms with Gasteiger partial charge in [-0.2, -0.15) is 0 Å². The molecule has 3 fully saturated rings. The number of carbonyl (C=O) groups excluding carboxylic acids is 2. The second-order valence-corrected chi connectivity index (χ2v) is 16.2. The van der Waals surface area contributed by atoms with Crippen molar-refractivity contribution in [1.82, 2.24) is 25.5 Å². The zero-order valence-corrected chi connectivity index (χ0v) is 31.0. The van der Waals surface area contributed by atoms with E-state index in [4.69, 9.17) is 4.74 Å². The van der Waals surface area contributed by atoms with Gasteiger partial charge in [-0.25, -0.2) is 4.79 Å². The third kappa shape index (κ3) is 6.60. The van der Waals surface area contributed by atoms with E-state index in [-0.39, 0.29) is 18.4 Å². The molecule has 4 aromatic rings. The van der Waals surface area contributed by atoms with E-state index < -0.39 is 11.5 Å². The van der Waals surface area contributed by atoms with E-state index in [1.54, 1.807) is 18.3 Å². The average Bonchev–Trinajstić information content (AvgIpc) is 3.93. The van der Waals surface area contributed by atoms with E-state index in [0.29, 0.717) is 36.2 Å². The first-order valence-electron chi connectivity index (χ1n) is 18.2. The Morgan fingerprint density at radius 3 is 2.54 bits per heavy atom. The Balaban J connectivity index is 1.20. The molecule has 264 valence electrons. The molecule has 0 spiro atoms. The van der Waals surface area contributed by atoms with Gasteiger partial charge in [-0.05, 0) is 113 Å². The van der Waals surface area contributed by atoms with E-state index in [9.17, 15) is 9.59 Å². The molecule has 50 heavy (non-hydrogen) atoms. The maximum Gasteiger partial charge on any atom is 0.436 e. The molecule has 1 amide bonds. The number of hydrogen-bond acceptors (Lipinski definition) is 6. The van der Waals surface area contributed by atoms with Crippen molar-refractivity contribution in [3.8, 4) is 11.3 Å². The van der Waals surface area contributed by atoms with Crippen LogP contribution in [0, 0.1) is 25.7 Å². The lowest BCUT2D eigenvalue weighted by molar-refractivity contribution is -0.128. The van der Waals surface area contributed by atoms with Gasteiger partial charge in [0.15, 0.2) is 0 Å². The van der Waals surface area contributed by atoms with E-state index in [1.165, 1.54) is 22.3 Å². The van der Waals surface area contributed by atoms with Crippen LogP contribution in [0.1, 0.15) is 85.9 Å². The molecule has 2 saturated heterocycles. The lowest BCUT2D eigenvalue weighted by atomic mass is 9.76. The van der Waals surface area contributed by atoms with E-state index in [0.717, 1.165) is 65.2 Å². The number of guanidine groups is 1. The molecule has 4 unspecified atom stereocenters. The van der Waals surface area contributed by atoms with Crippen molar-refractivity contribution < 1.29 is 14.3 Å². The van der Waals surface area contributed by atoms with Crippen LogP contribution in [0.5, 0.6) is 0 Å². The Labute approximate surface area is 299 Å². The summed E-state index contributed by atoms with van der Waals surface area (Å²) < 4.78 is 5.25. The molecule has 3 aromatic heterocycles. The Bertz CT molecular complexity index is 1870. The van der Waals surface area contributed by atoms with Gasteiger partial charge >= 0.3 is 6.09 Å². The number of likely N-dealkylation sites (tertiary alicyclic amines) is 1. The summed E-state index contributed by atoms with van der Waals surface area (Å²) in [6.07, 6.45) is 6.28. The number of aromatic amines is 1. The van der Waals surface area contributed by atoms with Gasteiger partial charge in [-0.1, -0.05) is 24.1 Å². The van der Waals surface area contributed by atoms with Gasteiger partial charge < -0.3 is 25.3 Å². The van der Waals surface area contributed by atoms with Crippen LogP contribution >= 0.6 is 11.3 Å². The number of ketones is 1. The quantitative estimate of drug-likeness (QED) is 0.123. The number of nitrogens with zero attached hydrogens (tertiary/aromatic N) is 3. The third-order valence-corrected chi connectivity index (χ3v) is 12.6. The molecular weight excluding hydrogens is 645 g/mol. The van der Waals surface area contributed by atoms with Crippen molar-refractivity contribution >= 4 is 39.4 Å². The summed E-state index contributed by atoms with van der Waals surface area (Å²) in [6.45, 7) is 15.8. The number of aliphatic imine (C=N–C) groups is 1. The van der Waals surface area contributed by atoms with Gasteiger partial charge in [-0.15, -0.1) is 16.3 Å². The van der Waals surface area contributed by atoms with Gasteiger partial charge in [0.2, 0.25) is 5.96 Å². The van der Waals surface area contributed by atoms with Crippen LogP contribution in [0.15, 0.2) is 53.8 Å². The van der Waals surface area contributed by atoms with Crippen molar-refractivity contribution in [3.63, 3.8) is 0 Å². The smallest absolute Gasteiger partial charge is 0.436 e. The summed E-state index contributed by atoms with van der Waals surface area (Å²) in [5.41, 5.74) is 6.54. The SMILES string of the molecule is CCOC(=O)N=C(NC[C@@H](C)c1c(-c2cc(C)cc(C)c2)[nH]c2sc(C(C)(C)C(=O)C3C4CCC3NC4)cc12)N1CCC(c2ccncc2)C1. The van der Waals surface area contributed by atoms with Crippen molar-refractivity contribution in [2.24, 2.45) is 16.8 Å². The minimum Gasteiger partial charge on any atom is -0.448 e. The van der Waals surface area contributed by atoms with Crippen LogP contribution in [0.25, 0.3) is 21.5 Å². The predicted octanol–water partition coefficient (Wildman–Crippen LogP) is 7.45. The van der Waals surface area contributed by atoms with Crippen LogP contribution in [0.2, 0.25) is 0 Å². The lowest BCUT2D eigenvalue weighted by Gasteiger charge is -2.27. The molecule has 2 bridgehead atoms. The molecule has 5 atom stereocenters. The average molecular weight is 695 g/mol. The maximum absolute atomic E-state index is 14.1. The molecular formula is C40H50N6O3S. The van der Waals surface area contributed by atoms with Crippen LogP contribution in [-0.2, 0) is 14.9 Å². The first-order valence-corrected chi connectivity index (χ1v) is 19.0. The van der Waals surface area contributed by atoms with Crippen molar-refractivity contribution in [2.45, 2.75) is 84.1 Å². The molecule has 10 heteroatoms. The first kappa shape index (κ1) is 34.4. The summed E-state index contributed by atoms with van der Waals surface area (Å²) >= 11 is 1.71. The topological polar surface area (TPSA) is 112 Å². The Morgan fingerprint density at radius 1 is 1.12 bits per heavy atom. The summed E-state index contributed by atoms with van der Waals surface area (Å²) in [7, 11) is 0. The zero-order valence-electron chi connectivity index (χ0n) is 30.1. The number of aromatic nitrogens is 2. The van der Waals surface area contributed by atoms with Gasteiger partial charge in [0, 0.05) is 66.1 Å². The Hall–Kier alpha value is -4.02. The maximum atomic E-state index is 14.1. The highest BCUT2D eigenvalue weighted by Crippen LogP contribution is 2.46. The number of aryl methyl sites for hydroxylation is 2. The highest BCUT2D eigenvalue weighted by Gasteiger charge is 2.50. The Morgan fingerprint density at radius 2 is 1.88 bits per heavy atom. The summed E-state index contributed by atoms with van der Waals surface area (Å²) in [5.74, 6) is 1.83. The highest BCUT2D eigenvalue weighted by atomic mass is 32.1. The molecule has 3 N–H and O–H groups in total. The predicted molar refractivity (Wildman–Crippen MR) is 201 cm³/mol. The third-order valence-electron chi connectivity index (χ3n) is 11.2. The van der Waals surface area contributed by atoms with E-state index in [1.807, 2.05) is 12.4 Å². The molecule has 5 heterocycles. The number of hydrogen-bond donors (Lipinski definition) is 3. The number of pyridine rings is 1. The first-order chi connectivity index (χ1) is 24.0. The van der Waals surface area contributed by atoms with Crippen molar-refractivity contribution in [2.75, 3.05) is 32.8 Å². The molecule has 7 rings (SSSR count). The molecule has 9 nitrogen and oxygen atoms in total. The molecule has 3 aliphatic rings. The molecule has 1 aromatic carbocycles. The van der Waals surface area contributed by atoms with Gasteiger partial charge in [-0.3, -0.25) is 9.78 Å². The van der Waals surface area contributed by atoms with Crippen LogP contribution in [0.3, 0.4) is 0 Å². The largest absolute Gasteiger partial charge is 0.448 e. The molecule has 1 saturated carbocycles. The molecule has 1 aliphatic carbocycles. The summed E-state index contributed by atoms with van der Waals surface area (Å²) in [5, 5.41) is 8.32. The second-order valence-electron chi connectivity index (χ2n) is 15.1. The number of rotatable bonds is 9. The number of fused-ring (bicyclic) bond motifs is 3. The number of carbonyl (C=O) groups is 2. The number of Topliss-reactive ketones (excluding diaryl/α,β-unsaturated/α-hetero) is 1.